The van der Waals surface area contributed by atoms with Crippen molar-refractivity contribution in [2.24, 2.45) is 0 Å². The second-order valence-corrected chi connectivity index (χ2v) is 18.9. The van der Waals surface area contributed by atoms with Gasteiger partial charge in [-0.25, -0.2) is 9.78 Å². The van der Waals surface area contributed by atoms with Crippen LogP contribution >= 0.6 is 0 Å². The number of imidazole rings is 1. The monoisotopic (exact) mass is 694 g/mol. The number of amides is 1. The van der Waals surface area contributed by atoms with Gasteiger partial charge in [-0.3, -0.25) is 0 Å². The fourth-order valence-electron chi connectivity index (χ4n) is 6.19. The third-order valence-electron chi connectivity index (χ3n) is 8.47. The summed E-state index contributed by atoms with van der Waals surface area (Å²) in [5.41, 5.74) is 8.96. The molecule has 2 heterocycles. The van der Waals surface area contributed by atoms with Gasteiger partial charge in [-0.05, 0) is 53.7 Å². The highest BCUT2D eigenvalue weighted by molar-refractivity contribution is 6.99. The number of nitrogens with zero attached hydrogens (tertiary/aromatic N) is 4. The summed E-state index contributed by atoms with van der Waals surface area (Å²) in [7, 11) is -2.77. The van der Waals surface area contributed by atoms with Crippen molar-refractivity contribution >= 4 is 41.8 Å². The molecule has 5 aromatic rings. The van der Waals surface area contributed by atoms with Gasteiger partial charge in [0.1, 0.15) is 11.7 Å². The van der Waals surface area contributed by atoms with Gasteiger partial charge in [0.25, 0.3) is 8.32 Å². The minimum absolute atomic E-state index is 0.161. The molecule has 2 aromatic heterocycles. The second kappa shape index (κ2) is 15.4. The number of nitrogen functional groups attached to an aromatic ring is 1. The van der Waals surface area contributed by atoms with Crippen LogP contribution in [-0.4, -0.2) is 52.2 Å². The summed E-state index contributed by atoms with van der Waals surface area (Å²) >= 11 is 0. The van der Waals surface area contributed by atoms with Gasteiger partial charge in [0, 0.05) is 6.54 Å². The van der Waals surface area contributed by atoms with E-state index in [0.717, 1.165) is 24.0 Å². The number of ether oxygens (including phenoxy) is 2. The zero-order valence-electron chi connectivity index (χ0n) is 30.3. The minimum Gasteiger partial charge on any atom is -0.458 e. The zero-order chi connectivity index (χ0) is 35.9. The molecular weight excluding hydrogens is 645 g/mol. The number of rotatable bonds is 13. The Morgan fingerprint density at radius 2 is 1.48 bits per heavy atom. The molecule has 1 amide bonds. The third-order valence-corrected chi connectivity index (χ3v) is 13.5. The molecule has 3 N–H and O–H groups in total. The number of carbonyl (C=O) groups excluding carboxylic acids is 1. The van der Waals surface area contributed by atoms with Gasteiger partial charge in [0.2, 0.25) is 0 Å². The molecule has 1 unspecified atom stereocenters. The zero-order valence-corrected chi connectivity index (χ0v) is 31.3. The van der Waals surface area contributed by atoms with E-state index in [2.05, 4.69) is 91.5 Å². The van der Waals surface area contributed by atoms with Crippen LogP contribution in [0.3, 0.4) is 0 Å². The lowest BCUT2D eigenvalue weighted by atomic mass is 10.1. The first-order valence-corrected chi connectivity index (χ1v) is 19.1. The number of aromatic nitrogens is 4. The van der Waals surface area contributed by atoms with Crippen LogP contribution in [0.15, 0.2) is 91.3 Å². The normalized spacial score (nSPS) is 12.9. The highest BCUT2D eigenvalue weighted by Crippen LogP contribution is 2.37. The van der Waals surface area contributed by atoms with E-state index in [1.54, 1.807) is 6.33 Å². The molecule has 5 rings (SSSR count). The van der Waals surface area contributed by atoms with E-state index in [-0.39, 0.29) is 23.0 Å². The van der Waals surface area contributed by atoms with Crippen molar-refractivity contribution in [1.82, 2.24) is 24.8 Å². The number of alkyl carbamates (subject to hydrolysis) is 1. The number of nitrogens with one attached hydrogen (secondary N) is 1. The summed E-state index contributed by atoms with van der Waals surface area (Å²) in [6.45, 7) is 15.7. The van der Waals surface area contributed by atoms with Crippen molar-refractivity contribution in [2.75, 3.05) is 12.3 Å². The molecule has 0 aliphatic heterocycles. The number of carbonyl (C=O) groups is 1. The molecule has 0 saturated heterocycles. The Labute approximate surface area is 296 Å². The maximum absolute atomic E-state index is 12.0. The first-order chi connectivity index (χ1) is 23.8. The number of benzene rings is 3. The lowest BCUT2D eigenvalue weighted by Gasteiger charge is -2.43. The summed E-state index contributed by atoms with van der Waals surface area (Å²) in [5.74, 6) is 0.260. The van der Waals surface area contributed by atoms with Crippen molar-refractivity contribution < 1.29 is 18.7 Å². The maximum atomic E-state index is 12.0. The molecule has 0 bridgehead atoms. The van der Waals surface area contributed by atoms with E-state index in [4.69, 9.17) is 24.6 Å². The van der Waals surface area contributed by atoms with E-state index < -0.39 is 20.0 Å². The Balaban J connectivity index is 1.34. The van der Waals surface area contributed by atoms with Crippen LogP contribution in [-0.2, 0) is 22.3 Å². The van der Waals surface area contributed by atoms with Crippen molar-refractivity contribution in [3.05, 3.63) is 102 Å². The molecule has 3 aromatic carbocycles. The Kier molecular flexibility index (Phi) is 11.3. The predicted octanol–water partition coefficient (Wildman–Crippen LogP) is 6.61. The van der Waals surface area contributed by atoms with Crippen LogP contribution < -0.4 is 26.2 Å². The first kappa shape index (κ1) is 36.5. The van der Waals surface area contributed by atoms with Gasteiger partial charge in [0.05, 0.1) is 19.5 Å². The van der Waals surface area contributed by atoms with Gasteiger partial charge in [0.15, 0.2) is 17.0 Å². The largest absolute Gasteiger partial charge is 0.458 e. The van der Waals surface area contributed by atoms with Gasteiger partial charge in [-0.15, -0.1) is 0 Å². The predicted molar refractivity (Wildman–Crippen MR) is 201 cm³/mol. The third kappa shape index (κ3) is 8.69. The van der Waals surface area contributed by atoms with Gasteiger partial charge >= 0.3 is 12.1 Å². The molecule has 50 heavy (non-hydrogen) atoms. The van der Waals surface area contributed by atoms with E-state index in [0.29, 0.717) is 30.9 Å². The van der Waals surface area contributed by atoms with Crippen molar-refractivity contribution in [3.63, 3.8) is 0 Å². The van der Waals surface area contributed by atoms with Crippen LogP contribution in [0.2, 0.25) is 5.04 Å². The van der Waals surface area contributed by atoms with Gasteiger partial charge in [-0.2, -0.15) is 9.97 Å². The molecular formula is C39H50N6O4Si. The SMILES string of the molecule is CCCC(CO[Si](c1ccccc1)(c1ccccc1)C(C)(C)C)Oc1nc(N)c2ncn(Cc3ccc(CNC(=O)OC(C)(C)C)cc3)c2n1. The summed E-state index contributed by atoms with van der Waals surface area (Å²) in [5, 5.41) is 5.06. The molecule has 0 aliphatic rings. The lowest BCUT2D eigenvalue weighted by Crippen LogP contribution is -2.67. The number of hydrogen-bond acceptors (Lipinski definition) is 8. The van der Waals surface area contributed by atoms with Crippen LogP contribution in [0.25, 0.3) is 11.2 Å². The van der Waals surface area contributed by atoms with Gasteiger partial charge < -0.3 is 29.5 Å². The quantitative estimate of drug-likeness (QED) is 0.132. The molecule has 1 atom stereocenters. The average Bonchev–Trinajstić information content (AvgIpc) is 3.47. The summed E-state index contributed by atoms with van der Waals surface area (Å²) in [6.07, 6.45) is 2.63. The molecule has 264 valence electrons. The molecule has 0 radical (unpaired) electrons. The molecule has 0 saturated carbocycles. The summed E-state index contributed by atoms with van der Waals surface area (Å²) in [4.78, 5) is 25.9. The van der Waals surface area contributed by atoms with Crippen LogP contribution in [0, 0.1) is 0 Å². The Bertz CT molecular complexity index is 1810. The van der Waals surface area contributed by atoms with Crippen LogP contribution in [0.5, 0.6) is 6.01 Å². The number of hydrogen-bond donors (Lipinski definition) is 2. The summed E-state index contributed by atoms with van der Waals surface area (Å²) < 4.78 is 21.0. The second-order valence-electron chi connectivity index (χ2n) is 14.6. The minimum atomic E-state index is -2.77. The number of anilines is 1. The van der Waals surface area contributed by atoms with Crippen molar-refractivity contribution in [1.29, 1.82) is 0 Å². The van der Waals surface area contributed by atoms with E-state index in [1.807, 2.05) is 61.7 Å². The molecule has 0 aliphatic carbocycles. The fourth-order valence-corrected chi connectivity index (χ4v) is 10.8. The Morgan fingerprint density at radius 1 is 0.880 bits per heavy atom. The highest BCUT2D eigenvalue weighted by atomic mass is 28.4. The van der Waals surface area contributed by atoms with Crippen LogP contribution in [0.1, 0.15) is 72.4 Å². The van der Waals surface area contributed by atoms with Crippen molar-refractivity contribution in [3.8, 4) is 6.01 Å². The Hall–Kier alpha value is -4.74. The topological polar surface area (TPSA) is 126 Å². The van der Waals surface area contributed by atoms with E-state index in [9.17, 15) is 4.79 Å². The molecule has 10 nitrogen and oxygen atoms in total. The first-order valence-electron chi connectivity index (χ1n) is 17.2. The van der Waals surface area contributed by atoms with Crippen molar-refractivity contribution in [2.45, 2.75) is 91.1 Å². The molecule has 0 fully saturated rings. The van der Waals surface area contributed by atoms with E-state index >= 15 is 0 Å². The van der Waals surface area contributed by atoms with Crippen LogP contribution in [0.4, 0.5) is 10.6 Å². The van der Waals surface area contributed by atoms with E-state index in [1.165, 1.54) is 10.4 Å². The smallest absolute Gasteiger partial charge is 0.407 e. The number of fused-ring (bicyclic) bond motifs is 1. The Morgan fingerprint density at radius 3 is 2.04 bits per heavy atom. The maximum Gasteiger partial charge on any atom is 0.407 e. The number of nitrogens with two attached hydrogens (primary N) is 1. The average molecular weight is 695 g/mol. The van der Waals surface area contributed by atoms with Gasteiger partial charge in [-0.1, -0.05) is 119 Å². The highest BCUT2D eigenvalue weighted by Gasteiger charge is 2.50. The molecule has 11 heteroatoms. The summed E-state index contributed by atoms with van der Waals surface area (Å²) in [6, 6.07) is 29.4. The standard InChI is InChI=1S/C39H50N6O4Si/c1-8-15-30(26-47-50(39(5,6)7,31-16-11-9-12-17-31)32-18-13-10-14-19-32)48-36-43-34(40)33-35(44-36)45(27-42-33)25-29-22-20-28(21-23-29)24-41-37(46)49-38(2,3)4/h9-14,16-23,27,30H,8,15,24-26H2,1-7H3,(H,41,46)(H2,40,43,44). The lowest BCUT2D eigenvalue weighted by molar-refractivity contribution is 0.0523. The molecule has 0 spiro atoms. The fraction of sp³-hybridized carbons (Fsp3) is 0.385.